The number of benzene rings is 1. The van der Waals surface area contributed by atoms with Gasteiger partial charge >= 0.3 is 5.97 Å². The third-order valence-corrected chi connectivity index (χ3v) is 5.10. The molecule has 0 aliphatic rings. The summed E-state index contributed by atoms with van der Waals surface area (Å²) < 4.78 is 31.2. The fourth-order valence-electron chi connectivity index (χ4n) is 1.41. The summed E-state index contributed by atoms with van der Waals surface area (Å²) in [6.45, 7) is 0. The molecule has 0 spiro atoms. The van der Waals surface area contributed by atoms with Gasteiger partial charge in [-0.05, 0) is 34.1 Å². The van der Waals surface area contributed by atoms with Crippen LogP contribution in [0.3, 0.4) is 0 Å². The van der Waals surface area contributed by atoms with Gasteiger partial charge in [0.1, 0.15) is 4.90 Å². The molecule has 0 saturated heterocycles. The van der Waals surface area contributed by atoms with E-state index in [4.69, 9.17) is 32.7 Å². The molecule has 1 heterocycles. The molecular formula is C11H6BrCl2NO5S. The lowest BCUT2D eigenvalue weighted by Crippen LogP contribution is -2.13. The van der Waals surface area contributed by atoms with Crippen LogP contribution in [0.2, 0.25) is 10.0 Å². The maximum Gasteiger partial charge on any atom is 0.371 e. The van der Waals surface area contributed by atoms with Crippen LogP contribution in [0.4, 0.5) is 5.69 Å². The first-order valence-corrected chi connectivity index (χ1v) is 8.24. The van der Waals surface area contributed by atoms with Crippen LogP contribution in [0.15, 0.2) is 38.2 Å². The minimum atomic E-state index is -4.07. The number of sulfonamides is 1. The Labute approximate surface area is 137 Å². The van der Waals surface area contributed by atoms with E-state index in [1.165, 1.54) is 18.2 Å². The van der Waals surface area contributed by atoms with Crippen molar-refractivity contribution in [3.8, 4) is 0 Å². The molecule has 0 unspecified atom stereocenters. The van der Waals surface area contributed by atoms with Crippen molar-refractivity contribution in [3.63, 3.8) is 0 Å². The number of furan rings is 1. The van der Waals surface area contributed by atoms with Gasteiger partial charge in [0.25, 0.3) is 10.0 Å². The van der Waals surface area contributed by atoms with E-state index in [9.17, 15) is 13.2 Å². The molecule has 0 aliphatic carbocycles. The first kappa shape index (κ1) is 16.2. The van der Waals surface area contributed by atoms with Crippen molar-refractivity contribution in [2.24, 2.45) is 0 Å². The van der Waals surface area contributed by atoms with Crippen molar-refractivity contribution in [3.05, 3.63) is 44.7 Å². The monoisotopic (exact) mass is 413 g/mol. The van der Waals surface area contributed by atoms with Gasteiger partial charge in [0.15, 0.2) is 4.67 Å². The van der Waals surface area contributed by atoms with Gasteiger partial charge in [0, 0.05) is 11.1 Å². The summed E-state index contributed by atoms with van der Waals surface area (Å²) in [4.78, 5) is 10.4. The lowest BCUT2D eigenvalue weighted by atomic mass is 10.3. The maximum atomic E-state index is 12.2. The highest BCUT2D eigenvalue weighted by molar-refractivity contribution is 9.10. The molecule has 1 aromatic carbocycles. The third kappa shape index (κ3) is 3.52. The van der Waals surface area contributed by atoms with Crippen molar-refractivity contribution < 1.29 is 22.7 Å². The summed E-state index contributed by atoms with van der Waals surface area (Å²) in [7, 11) is -4.07. The second-order valence-electron chi connectivity index (χ2n) is 3.78. The summed E-state index contributed by atoms with van der Waals surface area (Å²) in [6.07, 6.45) is 0. The second kappa shape index (κ2) is 5.88. The van der Waals surface area contributed by atoms with Gasteiger partial charge in [0.05, 0.1) is 10.7 Å². The van der Waals surface area contributed by atoms with E-state index in [1.54, 1.807) is 0 Å². The highest BCUT2D eigenvalue weighted by Gasteiger charge is 2.25. The summed E-state index contributed by atoms with van der Waals surface area (Å²) in [5.74, 6) is -1.90. The maximum absolute atomic E-state index is 12.2. The summed E-state index contributed by atoms with van der Waals surface area (Å²) in [5, 5.41) is 9.24. The Morgan fingerprint density at radius 1 is 1.29 bits per heavy atom. The highest BCUT2D eigenvalue weighted by atomic mass is 79.9. The number of carboxylic acid groups (broad SMARTS) is 1. The molecule has 112 valence electrons. The van der Waals surface area contributed by atoms with Crippen molar-refractivity contribution in [2.45, 2.75) is 4.90 Å². The van der Waals surface area contributed by atoms with Gasteiger partial charge in [-0.1, -0.05) is 23.2 Å². The second-order valence-corrected chi connectivity index (χ2v) is 7.00. The average Bonchev–Trinajstić information content (AvgIpc) is 2.76. The molecule has 2 N–H and O–H groups in total. The number of rotatable bonds is 4. The highest BCUT2D eigenvalue weighted by Crippen LogP contribution is 2.31. The lowest BCUT2D eigenvalue weighted by molar-refractivity contribution is 0.0661. The zero-order valence-corrected chi connectivity index (χ0v) is 13.8. The smallest absolute Gasteiger partial charge is 0.371 e. The van der Waals surface area contributed by atoms with Gasteiger partial charge in [0.2, 0.25) is 5.76 Å². The van der Waals surface area contributed by atoms with Gasteiger partial charge in [-0.25, -0.2) is 13.2 Å². The van der Waals surface area contributed by atoms with E-state index in [0.717, 1.165) is 6.07 Å². The number of aromatic carboxylic acids is 1. The van der Waals surface area contributed by atoms with Crippen LogP contribution in [-0.4, -0.2) is 19.5 Å². The summed E-state index contributed by atoms with van der Waals surface area (Å²) in [6, 6.07) is 5.10. The Balaban J connectivity index is 2.41. The first-order valence-electron chi connectivity index (χ1n) is 5.21. The molecule has 0 bridgehead atoms. The standard InChI is InChI=1S/C11H6BrCl2NO5S/c12-10-9(4-8(20-10)11(16)17)21(18,19)15-7-2-1-5(13)3-6(7)14/h1-4,15H,(H,16,17). The van der Waals surface area contributed by atoms with E-state index in [-0.39, 0.29) is 20.3 Å². The van der Waals surface area contributed by atoms with Crippen LogP contribution in [0.1, 0.15) is 10.6 Å². The zero-order chi connectivity index (χ0) is 15.8. The topological polar surface area (TPSA) is 96.6 Å². The van der Waals surface area contributed by atoms with Crippen molar-refractivity contribution in [2.75, 3.05) is 4.72 Å². The molecule has 1 aromatic heterocycles. The number of hydrogen-bond donors (Lipinski definition) is 2. The van der Waals surface area contributed by atoms with Crippen LogP contribution < -0.4 is 4.72 Å². The molecule has 2 aromatic rings. The quantitative estimate of drug-likeness (QED) is 0.791. The van der Waals surface area contributed by atoms with Gasteiger partial charge in [-0.3, -0.25) is 4.72 Å². The van der Waals surface area contributed by atoms with Crippen LogP contribution in [0.25, 0.3) is 0 Å². The van der Waals surface area contributed by atoms with E-state index < -0.39 is 21.8 Å². The summed E-state index contributed by atoms with van der Waals surface area (Å²) >= 11 is 14.5. The average molecular weight is 415 g/mol. The number of nitrogens with one attached hydrogen (secondary N) is 1. The Hall–Kier alpha value is -1.22. The minimum Gasteiger partial charge on any atom is -0.475 e. The van der Waals surface area contributed by atoms with Crippen LogP contribution in [0, 0.1) is 0 Å². The van der Waals surface area contributed by atoms with Crippen molar-refractivity contribution >= 4 is 60.8 Å². The fraction of sp³-hybridized carbons (Fsp3) is 0. The number of carbonyl (C=O) groups is 1. The van der Waals surface area contributed by atoms with Crippen molar-refractivity contribution in [1.29, 1.82) is 0 Å². The molecule has 0 saturated carbocycles. The molecule has 6 nitrogen and oxygen atoms in total. The summed E-state index contributed by atoms with van der Waals surface area (Å²) in [5.41, 5.74) is 0.103. The van der Waals surface area contributed by atoms with Gasteiger partial charge in [-0.2, -0.15) is 0 Å². The SMILES string of the molecule is O=C(O)c1cc(S(=O)(=O)Nc2ccc(Cl)cc2Cl)c(Br)o1. The number of hydrogen-bond acceptors (Lipinski definition) is 4. The van der Waals surface area contributed by atoms with E-state index in [0.29, 0.717) is 5.02 Å². The zero-order valence-electron chi connectivity index (χ0n) is 9.93. The molecule has 21 heavy (non-hydrogen) atoms. The van der Waals surface area contributed by atoms with Gasteiger partial charge < -0.3 is 9.52 Å². The third-order valence-electron chi connectivity index (χ3n) is 2.33. The number of anilines is 1. The molecule has 10 heteroatoms. The molecule has 2 rings (SSSR count). The predicted octanol–water partition coefficient (Wildman–Crippen LogP) is 3.85. The van der Waals surface area contributed by atoms with E-state index in [2.05, 4.69) is 20.7 Å². The van der Waals surface area contributed by atoms with Crippen molar-refractivity contribution in [1.82, 2.24) is 0 Å². The Kier molecular flexibility index (Phi) is 4.52. The molecule has 0 amide bonds. The Morgan fingerprint density at radius 3 is 2.48 bits per heavy atom. The van der Waals surface area contributed by atoms with Crippen LogP contribution in [0.5, 0.6) is 0 Å². The van der Waals surface area contributed by atoms with Crippen LogP contribution >= 0.6 is 39.1 Å². The Morgan fingerprint density at radius 2 is 1.95 bits per heavy atom. The van der Waals surface area contributed by atoms with E-state index >= 15 is 0 Å². The fourth-order valence-corrected chi connectivity index (χ4v) is 3.95. The Bertz CT molecular complexity index is 818. The molecule has 0 radical (unpaired) electrons. The molecule has 0 fully saturated rings. The normalized spacial score (nSPS) is 11.4. The number of carboxylic acids is 1. The van der Waals surface area contributed by atoms with Gasteiger partial charge in [-0.15, -0.1) is 0 Å². The first-order chi connectivity index (χ1) is 9.70. The largest absolute Gasteiger partial charge is 0.475 e. The van der Waals surface area contributed by atoms with E-state index in [1.807, 2.05) is 0 Å². The molecular weight excluding hydrogens is 409 g/mol. The molecule has 0 atom stereocenters. The lowest BCUT2D eigenvalue weighted by Gasteiger charge is -2.08. The van der Waals surface area contributed by atoms with Crippen LogP contribution in [-0.2, 0) is 10.0 Å². The molecule has 0 aliphatic heterocycles. The predicted molar refractivity (Wildman–Crippen MR) is 80.6 cm³/mol. The minimum absolute atomic E-state index is 0.101. The number of halogens is 3.